The van der Waals surface area contributed by atoms with E-state index in [1.807, 2.05) is 0 Å². The fourth-order valence-corrected chi connectivity index (χ4v) is 5.23. The molecule has 0 N–H and O–H groups in total. The standard InChI is InChI=1S/2C17H17.C3H6.2ClH.Hf/c2*1-12(2)9-13-10-15-8-7-14-5-3-4-6-16(14)17(15)11-13;1-3-2;;;/h2*3-8,10-12H,9H2,1-2H3;1-3H2;2*1H;/q2*-1;-2;;;/p-2. The summed E-state index contributed by atoms with van der Waals surface area (Å²) in [7, 11) is 0. The Morgan fingerprint density at radius 1 is 0.550 bits per heavy atom. The molecule has 6 aromatic rings. The quantitative estimate of drug-likeness (QED) is 0.179. The number of halogens is 2. The Bertz CT molecular complexity index is 1470. The van der Waals surface area contributed by atoms with Crippen molar-refractivity contribution in [1.29, 1.82) is 0 Å². The summed E-state index contributed by atoms with van der Waals surface area (Å²) in [6.07, 6.45) is 3.09. The third-order valence-corrected chi connectivity index (χ3v) is 6.64. The molecule has 0 unspecified atom stereocenters. The Balaban J connectivity index is 0.000000341. The first kappa shape index (κ1) is 36.1. The molecule has 0 atom stereocenters. The Hall–Kier alpha value is -1.93. The van der Waals surface area contributed by atoms with Crippen molar-refractivity contribution < 1.29 is 50.7 Å². The van der Waals surface area contributed by atoms with Gasteiger partial charge in [-0.3, -0.25) is 0 Å². The van der Waals surface area contributed by atoms with Gasteiger partial charge in [-0.05, 0) is 35.4 Å². The molecule has 6 rings (SSSR count). The van der Waals surface area contributed by atoms with Crippen molar-refractivity contribution in [2.45, 2.75) is 47.0 Å². The molecule has 0 aromatic heterocycles. The first-order chi connectivity index (χ1) is 17.9. The van der Waals surface area contributed by atoms with Gasteiger partial charge in [0, 0.05) is 25.8 Å². The van der Waals surface area contributed by atoms with E-state index in [0.717, 1.165) is 18.3 Å². The van der Waals surface area contributed by atoms with Crippen molar-refractivity contribution >= 4 is 43.1 Å². The fraction of sp³-hybridized carbons (Fsp3) is 0.243. The molecular formula is C37H40Cl2Hf-6. The Morgan fingerprint density at radius 3 is 1.25 bits per heavy atom. The van der Waals surface area contributed by atoms with Crippen LogP contribution in [0, 0.1) is 25.7 Å². The van der Waals surface area contributed by atoms with Gasteiger partial charge in [0.2, 0.25) is 0 Å². The average molecular weight is 734 g/mol. The topological polar surface area (TPSA) is 0 Å². The maximum Gasteiger partial charge on any atom is 0 e. The van der Waals surface area contributed by atoms with Gasteiger partial charge in [-0.25, -0.2) is 0 Å². The second-order valence-corrected chi connectivity index (χ2v) is 10.9. The Labute approximate surface area is 272 Å². The Kier molecular flexibility index (Phi) is 15.5. The normalized spacial score (nSPS) is 10.4. The number of benzene rings is 4. The van der Waals surface area contributed by atoms with E-state index >= 15 is 0 Å². The molecule has 0 fully saturated rings. The van der Waals surface area contributed by atoms with Gasteiger partial charge in [0.05, 0.1) is 0 Å². The SMILES string of the molecule is CC(C)Cc1cc2c(ccc3ccccc32)[cH-]1.CC(C)Cc1cc2c(ccc3ccccc32)[cH-]1.[CH2-]C[CH2-].[Cl-].[Cl-].[Hf]. The average Bonchev–Trinajstić information content (AvgIpc) is 3.47. The largest absolute Gasteiger partial charge is 1.00 e. The van der Waals surface area contributed by atoms with E-state index in [9.17, 15) is 0 Å². The minimum atomic E-state index is 0. The summed E-state index contributed by atoms with van der Waals surface area (Å²) in [5.74, 6) is 1.44. The van der Waals surface area contributed by atoms with Crippen LogP contribution in [0.3, 0.4) is 0 Å². The molecule has 0 heterocycles. The van der Waals surface area contributed by atoms with Crippen molar-refractivity contribution in [3.05, 3.63) is 122 Å². The molecule has 0 aliphatic rings. The van der Waals surface area contributed by atoms with Crippen LogP contribution in [0.25, 0.3) is 43.1 Å². The molecule has 0 nitrogen and oxygen atoms in total. The van der Waals surface area contributed by atoms with Gasteiger partial charge in [0.1, 0.15) is 0 Å². The molecule has 212 valence electrons. The number of fused-ring (bicyclic) bond motifs is 6. The minimum absolute atomic E-state index is 0. The number of hydrogen-bond donors (Lipinski definition) is 0. The summed E-state index contributed by atoms with van der Waals surface area (Å²) < 4.78 is 0. The molecular weight excluding hydrogens is 694 g/mol. The molecule has 0 spiro atoms. The van der Waals surface area contributed by atoms with Crippen LogP contribution in [-0.2, 0) is 38.7 Å². The van der Waals surface area contributed by atoms with E-state index in [1.54, 1.807) is 0 Å². The second kappa shape index (κ2) is 17.1. The van der Waals surface area contributed by atoms with Crippen LogP contribution in [0.1, 0.15) is 45.2 Å². The first-order valence-corrected chi connectivity index (χ1v) is 13.6. The summed E-state index contributed by atoms with van der Waals surface area (Å²) in [5.41, 5.74) is 2.93. The first-order valence-electron chi connectivity index (χ1n) is 13.6. The maximum absolute atomic E-state index is 3.38. The molecule has 3 heteroatoms. The monoisotopic (exact) mass is 734 g/mol. The van der Waals surface area contributed by atoms with E-state index in [1.165, 1.54) is 67.1 Å². The fourth-order valence-electron chi connectivity index (χ4n) is 5.23. The van der Waals surface area contributed by atoms with E-state index in [4.69, 9.17) is 0 Å². The van der Waals surface area contributed by atoms with Crippen molar-refractivity contribution in [3.8, 4) is 0 Å². The zero-order valence-electron chi connectivity index (χ0n) is 24.2. The van der Waals surface area contributed by atoms with Crippen LogP contribution < -0.4 is 24.8 Å². The van der Waals surface area contributed by atoms with Gasteiger partial charge in [-0.2, -0.15) is 12.1 Å². The number of rotatable bonds is 4. The van der Waals surface area contributed by atoms with Crippen LogP contribution >= 0.6 is 0 Å². The van der Waals surface area contributed by atoms with Crippen molar-refractivity contribution in [3.63, 3.8) is 0 Å². The van der Waals surface area contributed by atoms with Crippen LogP contribution in [0.5, 0.6) is 0 Å². The predicted octanol–water partition coefficient (Wildman–Crippen LogP) is 4.87. The van der Waals surface area contributed by atoms with Gasteiger partial charge < -0.3 is 45.1 Å². The zero-order chi connectivity index (χ0) is 26.4. The molecule has 0 amide bonds. The minimum Gasteiger partial charge on any atom is -1.00 e. The Morgan fingerprint density at radius 2 is 0.900 bits per heavy atom. The summed E-state index contributed by atoms with van der Waals surface area (Å²) in [6.45, 7) is 15.8. The van der Waals surface area contributed by atoms with E-state index in [0.29, 0.717) is 0 Å². The van der Waals surface area contributed by atoms with Crippen molar-refractivity contribution in [2.24, 2.45) is 11.8 Å². The number of hydrogen-bond acceptors (Lipinski definition) is 0. The molecule has 0 bridgehead atoms. The summed E-state index contributed by atoms with van der Waals surface area (Å²) in [5, 5.41) is 11.0. The molecule has 0 saturated carbocycles. The van der Waals surface area contributed by atoms with Gasteiger partial charge in [0.15, 0.2) is 0 Å². The van der Waals surface area contributed by atoms with Crippen LogP contribution in [0.4, 0.5) is 0 Å². The van der Waals surface area contributed by atoms with E-state index < -0.39 is 0 Å². The molecule has 0 aliphatic carbocycles. The molecule has 40 heavy (non-hydrogen) atoms. The van der Waals surface area contributed by atoms with Crippen LogP contribution in [0.15, 0.2) is 97.1 Å². The predicted molar refractivity (Wildman–Crippen MR) is 167 cm³/mol. The van der Waals surface area contributed by atoms with Crippen molar-refractivity contribution in [1.82, 2.24) is 0 Å². The van der Waals surface area contributed by atoms with Crippen LogP contribution in [-0.4, -0.2) is 0 Å². The molecule has 0 saturated heterocycles. The zero-order valence-corrected chi connectivity index (χ0v) is 29.3. The van der Waals surface area contributed by atoms with Gasteiger partial charge in [-0.15, -0.1) is 56.9 Å². The van der Waals surface area contributed by atoms with E-state index in [-0.39, 0.29) is 50.7 Å². The van der Waals surface area contributed by atoms with Crippen LogP contribution in [0.2, 0.25) is 0 Å². The third kappa shape index (κ3) is 9.04. The summed E-state index contributed by atoms with van der Waals surface area (Å²) >= 11 is 0. The summed E-state index contributed by atoms with van der Waals surface area (Å²) in [6, 6.07) is 35.6. The van der Waals surface area contributed by atoms with Crippen molar-refractivity contribution in [2.75, 3.05) is 0 Å². The molecule has 0 radical (unpaired) electrons. The third-order valence-electron chi connectivity index (χ3n) is 6.64. The molecule has 6 aromatic carbocycles. The summed E-state index contributed by atoms with van der Waals surface area (Å²) in [4.78, 5) is 0. The van der Waals surface area contributed by atoms with Gasteiger partial charge in [0.25, 0.3) is 0 Å². The molecule has 0 aliphatic heterocycles. The second-order valence-electron chi connectivity index (χ2n) is 10.9. The van der Waals surface area contributed by atoms with Gasteiger partial charge >= 0.3 is 0 Å². The smallest absolute Gasteiger partial charge is 0 e. The van der Waals surface area contributed by atoms with Gasteiger partial charge in [-0.1, -0.05) is 99.1 Å². The maximum atomic E-state index is 3.38. The van der Waals surface area contributed by atoms with E-state index in [2.05, 4.69) is 139 Å².